The highest BCUT2D eigenvalue weighted by Crippen LogP contribution is 2.29. The van der Waals surface area contributed by atoms with Gasteiger partial charge in [-0.15, -0.1) is 0 Å². The molecule has 0 saturated heterocycles. The van der Waals surface area contributed by atoms with Gasteiger partial charge < -0.3 is 10.1 Å². The summed E-state index contributed by atoms with van der Waals surface area (Å²) in [4.78, 5) is 44.8. The van der Waals surface area contributed by atoms with Gasteiger partial charge >= 0.3 is 5.97 Å². The zero-order valence-electron chi connectivity index (χ0n) is 14.4. The molecule has 0 spiro atoms. The number of rotatable bonds is 6. The van der Waals surface area contributed by atoms with Crippen LogP contribution in [-0.2, 0) is 4.74 Å². The van der Waals surface area contributed by atoms with Crippen molar-refractivity contribution >= 4 is 28.9 Å². The van der Waals surface area contributed by atoms with E-state index in [9.17, 15) is 29.8 Å². The third kappa shape index (κ3) is 4.42. The van der Waals surface area contributed by atoms with Crippen molar-refractivity contribution in [1.29, 1.82) is 0 Å². The lowest BCUT2D eigenvalue weighted by atomic mass is 10.1. The van der Waals surface area contributed by atoms with E-state index in [1.807, 2.05) is 0 Å². The van der Waals surface area contributed by atoms with Crippen molar-refractivity contribution in [2.45, 2.75) is 13.8 Å². The Morgan fingerprint density at radius 1 is 1.04 bits per heavy atom. The van der Waals surface area contributed by atoms with E-state index in [0.29, 0.717) is 0 Å². The summed E-state index contributed by atoms with van der Waals surface area (Å²) < 4.78 is 4.87. The second-order valence-electron chi connectivity index (χ2n) is 5.41. The lowest BCUT2D eigenvalue weighted by molar-refractivity contribution is -0.395. The molecule has 0 radical (unpaired) electrons. The molecule has 0 atom stereocenters. The highest BCUT2D eigenvalue weighted by molar-refractivity contribution is 6.05. The Labute approximate surface area is 153 Å². The first-order chi connectivity index (χ1) is 12.7. The predicted molar refractivity (Wildman–Crippen MR) is 94.8 cm³/mol. The lowest BCUT2D eigenvalue weighted by Gasteiger charge is -2.08. The fourth-order valence-electron chi connectivity index (χ4n) is 2.34. The van der Waals surface area contributed by atoms with Crippen molar-refractivity contribution in [2.75, 3.05) is 11.9 Å². The number of benzene rings is 2. The summed E-state index contributed by atoms with van der Waals surface area (Å²) in [6, 6.07) is 7.81. The molecule has 2 aromatic rings. The molecular weight excluding hydrogens is 358 g/mol. The SMILES string of the molecule is CCOC(=O)c1cccc(NC(=O)c2cc([N+](=O)[O-])c(C)c([N+](=O)[O-])c2)c1. The van der Waals surface area contributed by atoms with Gasteiger partial charge in [0.2, 0.25) is 0 Å². The molecule has 0 aliphatic heterocycles. The first-order valence-corrected chi connectivity index (χ1v) is 7.76. The van der Waals surface area contributed by atoms with Crippen LogP contribution in [0.2, 0.25) is 0 Å². The summed E-state index contributed by atoms with van der Waals surface area (Å²) in [7, 11) is 0. The fourth-order valence-corrected chi connectivity index (χ4v) is 2.34. The van der Waals surface area contributed by atoms with Crippen LogP contribution in [0.15, 0.2) is 36.4 Å². The molecule has 0 unspecified atom stereocenters. The Kier molecular flexibility index (Phi) is 5.81. The molecule has 1 amide bonds. The van der Waals surface area contributed by atoms with Gasteiger partial charge in [-0.25, -0.2) is 4.79 Å². The summed E-state index contributed by atoms with van der Waals surface area (Å²) in [6.07, 6.45) is 0. The van der Waals surface area contributed by atoms with Crippen molar-refractivity contribution in [2.24, 2.45) is 0 Å². The molecule has 0 fully saturated rings. The molecule has 10 nitrogen and oxygen atoms in total. The molecule has 0 bridgehead atoms. The molecule has 0 aliphatic rings. The molecule has 27 heavy (non-hydrogen) atoms. The molecule has 10 heteroatoms. The maximum absolute atomic E-state index is 12.4. The third-order valence-corrected chi connectivity index (χ3v) is 3.64. The predicted octanol–water partition coefficient (Wildman–Crippen LogP) is 3.24. The molecule has 2 rings (SSSR count). The summed E-state index contributed by atoms with van der Waals surface area (Å²) in [5.41, 5.74) is -1.03. The zero-order chi connectivity index (χ0) is 20.1. The number of anilines is 1. The van der Waals surface area contributed by atoms with Crippen molar-refractivity contribution in [1.82, 2.24) is 0 Å². The van der Waals surface area contributed by atoms with Gasteiger partial charge in [0.05, 0.1) is 27.6 Å². The van der Waals surface area contributed by atoms with Crippen LogP contribution in [0.4, 0.5) is 17.1 Å². The number of amides is 1. The normalized spacial score (nSPS) is 10.1. The van der Waals surface area contributed by atoms with Gasteiger partial charge in [-0.1, -0.05) is 6.07 Å². The van der Waals surface area contributed by atoms with Crippen LogP contribution >= 0.6 is 0 Å². The first-order valence-electron chi connectivity index (χ1n) is 7.76. The van der Waals surface area contributed by atoms with Gasteiger partial charge in [0.15, 0.2) is 0 Å². The second-order valence-corrected chi connectivity index (χ2v) is 5.41. The molecular formula is C17H15N3O7. The largest absolute Gasteiger partial charge is 0.462 e. The van der Waals surface area contributed by atoms with Gasteiger partial charge in [0.25, 0.3) is 17.3 Å². The van der Waals surface area contributed by atoms with Crippen molar-refractivity contribution in [3.63, 3.8) is 0 Å². The van der Waals surface area contributed by atoms with Crippen LogP contribution < -0.4 is 5.32 Å². The van der Waals surface area contributed by atoms with Crippen LogP contribution in [0.3, 0.4) is 0 Å². The third-order valence-electron chi connectivity index (χ3n) is 3.64. The Hall–Kier alpha value is -3.82. The van der Waals surface area contributed by atoms with Crippen molar-refractivity contribution < 1.29 is 24.2 Å². The average Bonchev–Trinajstić information content (AvgIpc) is 2.61. The second kappa shape index (κ2) is 8.04. The monoisotopic (exact) mass is 373 g/mol. The number of nitro benzene ring substituents is 2. The molecule has 0 saturated carbocycles. The number of ether oxygens (including phenoxy) is 1. The van der Waals surface area contributed by atoms with E-state index in [-0.39, 0.29) is 29.0 Å². The van der Waals surface area contributed by atoms with E-state index in [4.69, 9.17) is 4.74 Å². The minimum atomic E-state index is -0.791. The average molecular weight is 373 g/mol. The van der Waals surface area contributed by atoms with Crippen LogP contribution in [0.25, 0.3) is 0 Å². The number of nitro groups is 2. The van der Waals surface area contributed by atoms with Crippen molar-refractivity contribution in [3.8, 4) is 0 Å². The molecule has 0 heterocycles. The molecule has 2 aromatic carbocycles. The number of carbonyl (C=O) groups is 2. The van der Waals surface area contributed by atoms with Gasteiger partial charge in [-0.05, 0) is 32.0 Å². The Bertz CT molecular complexity index is 905. The number of carbonyl (C=O) groups excluding carboxylic acids is 2. The summed E-state index contributed by atoms with van der Waals surface area (Å²) in [6.45, 7) is 3.08. The maximum Gasteiger partial charge on any atom is 0.338 e. The van der Waals surface area contributed by atoms with Gasteiger partial charge in [-0.3, -0.25) is 25.0 Å². The van der Waals surface area contributed by atoms with E-state index >= 15 is 0 Å². The minimum Gasteiger partial charge on any atom is -0.462 e. The Morgan fingerprint density at radius 3 is 2.15 bits per heavy atom. The topological polar surface area (TPSA) is 142 Å². The van der Waals surface area contributed by atoms with E-state index in [1.54, 1.807) is 6.92 Å². The van der Waals surface area contributed by atoms with E-state index in [1.165, 1.54) is 31.2 Å². The number of esters is 1. The number of nitrogens with one attached hydrogen (secondary N) is 1. The van der Waals surface area contributed by atoms with E-state index < -0.39 is 33.1 Å². The maximum atomic E-state index is 12.4. The summed E-state index contributed by atoms with van der Waals surface area (Å²) >= 11 is 0. The van der Waals surface area contributed by atoms with E-state index in [0.717, 1.165) is 12.1 Å². The number of hydrogen-bond donors (Lipinski definition) is 1. The molecule has 1 N–H and O–H groups in total. The standard InChI is InChI=1S/C17H15N3O7/c1-3-27-17(22)11-5-4-6-13(7-11)18-16(21)12-8-14(19(23)24)10(2)15(9-12)20(25)26/h4-9H,3H2,1-2H3,(H,18,21). The van der Waals surface area contributed by atoms with Crippen LogP contribution in [-0.4, -0.2) is 28.3 Å². The lowest BCUT2D eigenvalue weighted by Crippen LogP contribution is -2.14. The summed E-state index contributed by atoms with van der Waals surface area (Å²) in [5, 5.41) is 24.7. The number of hydrogen-bond acceptors (Lipinski definition) is 7. The van der Waals surface area contributed by atoms with E-state index in [2.05, 4.69) is 5.32 Å². The zero-order valence-corrected chi connectivity index (χ0v) is 14.4. The fraction of sp³-hybridized carbons (Fsp3) is 0.176. The minimum absolute atomic E-state index is 0.147. The highest BCUT2D eigenvalue weighted by atomic mass is 16.6. The smallest absolute Gasteiger partial charge is 0.338 e. The van der Waals surface area contributed by atoms with Crippen LogP contribution in [0.1, 0.15) is 33.2 Å². The Morgan fingerprint density at radius 2 is 1.63 bits per heavy atom. The first kappa shape index (κ1) is 19.5. The van der Waals surface area contributed by atoms with Crippen LogP contribution in [0.5, 0.6) is 0 Å². The van der Waals surface area contributed by atoms with Crippen LogP contribution in [0, 0.1) is 27.2 Å². The summed E-state index contributed by atoms with van der Waals surface area (Å²) in [5.74, 6) is -1.36. The molecule has 0 aromatic heterocycles. The molecule has 0 aliphatic carbocycles. The van der Waals surface area contributed by atoms with Gasteiger partial charge in [0, 0.05) is 17.8 Å². The quantitative estimate of drug-likeness (QED) is 0.465. The number of nitrogens with zero attached hydrogens (tertiary/aromatic N) is 2. The molecule has 140 valence electrons. The van der Waals surface area contributed by atoms with Gasteiger partial charge in [-0.2, -0.15) is 0 Å². The van der Waals surface area contributed by atoms with Gasteiger partial charge in [0.1, 0.15) is 5.56 Å². The Balaban J connectivity index is 2.36. The van der Waals surface area contributed by atoms with Crippen molar-refractivity contribution in [3.05, 3.63) is 73.3 Å². The highest BCUT2D eigenvalue weighted by Gasteiger charge is 2.25.